The smallest absolute Gasteiger partial charge is 0.312 e. The van der Waals surface area contributed by atoms with Crippen molar-refractivity contribution in [1.29, 1.82) is 0 Å². The number of carbonyl (C=O) groups is 2. The molecule has 1 heterocycles. The van der Waals surface area contributed by atoms with E-state index in [1.165, 1.54) is 0 Å². The van der Waals surface area contributed by atoms with Gasteiger partial charge in [-0.1, -0.05) is 19.1 Å². The van der Waals surface area contributed by atoms with Crippen molar-refractivity contribution in [3.05, 3.63) is 35.4 Å². The molecular formula is C14H19N3O3. The van der Waals surface area contributed by atoms with Gasteiger partial charge in [-0.2, -0.15) is 0 Å². The highest BCUT2D eigenvalue weighted by molar-refractivity contribution is 5.94. The molecule has 1 aromatic carbocycles. The van der Waals surface area contributed by atoms with E-state index in [0.717, 1.165) is 5.56 Å². The van der Waals surface area contributed by atoms with E-state index in [9.17, 15) is 9.59 Å². The molecule has 0 aromatic heterocycles. The fourth-order valence-corrected chi connectivity index (χ4v) is 1.91. The third kappa shape index (κ3) is 3.71. The van der Waals surface area contributed by atoms with E-state index in [1.807, 2.05) is 0 Å². The summed E-state index contributed by atoms with van der Waals surface area (Å²) >= 11 is 0. The number of primary amides is 1. The van der Waals surface area contributed by atoms with Crippen molar-refractivity contribution >= 4 is 11.9 Å². The number of hydrogen-bond acceptors (Lipinski definition) is 3. The minimum Gasteiger partial charge on any atom is -0.380 e. The molecule has 0 aliphatic carbocycles. The van der Waals surface area contributed by atoms with Gasteiger partial charge < -0.3 is 21.1 Å². The normalized spacial score (nSPS) is 16.1. The molecule has 20 heavy (non-hydrogen) atoms. The summed E-state index contributed by atoms with van der Waals surface area (Å²) in [6.07, 6.45) is 0. The van der Waals surface area contributed by atoms with Gasteiger partial charge in [0.1, 0.15) is 0 Å². The number of amides is 3. The van der Waals surface area contributed by atoms with E-state index in [0.29, 0.717) is 31.9 Å². The van der Waals surface area contributed by atoms with Gasteiger partial charge in [0.15, 0.2) is 0 Å². The van der Waals surface area contributed by atoms with Crippen molar-refractivity contribution in [3.8, 4) is 0 Å². The monoisotopic (exact) mass is 277 g/mol. The third-order valence-corrected chi connectivity index (χ3v) is 3.26. The Morgan fingerprint density at radius 3 is 2.40 bits per heavy atom. The Kier molecular flexibility index (Phi) is 4.24. The number of carbonyl (C=O) groups excluding carboxylic acids is 2. The van der Waals surface area contributed by atoms with E-state index in [-0.39, 0.29) is 11.3 Å². The summed E-state index contributed by atoms with van der Waals surface area (Å²) in [6, 6.07) is 6.47. The van der Waals surface area contributed by atoms with Crippen LogP contribution in [0.5, 0.6) is 0 Å². The Bertz CT molecular complexity index is 495. The maximum absolute atomic E-state index is 12.0. The number of ether oxygens (including phenoxy) is 1. The number of urea groups is 1. The summed E-state index contributed by atoms with van der Waals surface area (Å²) < 4.78 is 5.14. The minimum absolute atomic E-state index is 0.0566. The zero-order valence-corrected chi connectivity index (χ0v) is 11.4. The zero-order valence-electron chi connectivity index (χ0n) is 11.4. The maximum atomic E-state index is 12.0. The third-order valence-electron chi connectivity index (χ3n) is 3.26. The summed E-state index contributed by atoms with van der Waals surface area (Å²) in [5, 5.41) is 5.40. The molecule has 108 valence electrons. The standard InChI is InChI=1S/C14H19N3O3/c1-14(8-20-9-14)7-17-12(18)11-4-2-10(3-5-11)6-16-13(15)19/h2-5H,6-9H2,1H3,(H,17,18)(H3,15,16,19). The first-order chi connectivity index (χ1) is 9.48. The predicted octanol–water partition coefficient (Wildman–Crippen LogP) is 0.621. The van der Waals surface area contributed by atoms with Gasteiger partial charge in [-0.05, 0) is 17.7 Å². The van der Waals surface area contributed by atoms with Gasteiger partial charge >= 0.3 is 6.03 Å². The fraction of sp³-hybridized carbons (Fsp3) is 0.429. The topological polar surface area (TPSA) is 93.5 Å². The van der Waals surface area contributed by atoms with Gasteiger partial charge in [-0.15, -0.1) is 0 Å². The molecule has 2 rings (SSSR count). The highest BCUT2D eigenvalue weighted by atomic mass is 16.5. The first kappa shape index (κ1) is 14.3. The molecule has 0 unspecified atom stereocenters. The Morgan fingerprint density at radius 1 is 1.25 bits per heavy atom. The van der Waals surface area contributed by atoms with Crippen molar-refractivity contribution in [2.24, 2.45) is 11.1 Å². The lowest BCUT2D eigenvalue weighted by Crippen LogP contribution is -2.48. The van der Waals surface area contributed by atoms with Crippen LogP contribution in [0.3, 0.4) is 0 Å². The average molecular weight is 277 g/mol. The van der Waals surface area contributed by atoms with Crippen molar-refractivity contribution < 1.29 is 14.3 Å². The molecule has 0 bridgehead atoms. The Labute approximate surface area is 117 Å². The van der Waals surface area contributed by atoms with Crippen LogP contribution in [-0.4, -0.2) is 31.7 Å². The first-order valence-corrected chi connectivity index (χ1v) is 6.47. The van der Waals surface area contributed by atoms with Gasteiger partial charge in [0.25, 0.3) is 5.91 Å². The molecule has 1 aliphatic rings. The molecule has 1 aromatic rings. The highest BCUT2D eigenvalue weighted by Crippen LogP contribution is 2.25. The second-order valence-corrected chi connectivity index (χ2v) is 5.40. The van der Waals surface area contributed by atoms with Crippen LogP contribution in [0.2, 0.25) is 0 Å². The van der Waals surface area contributed by atoms with Gasteiger partial charge in [-0.25, -0.2) is 4.79 Å². The molecule has 1 fully saturated rings. The van der Waals surface area contributed by atoms with Crippen LogP contribution in [-0.2, 0) is 11.3 Å². The second kappa shape index (κ2) is 5.92. The van der Waals surface area contributed by atoms with Crippen LogP contribution in [0.4, 0.5) is 4.79 Å². The van der Waals surface area contributed by atoms with Gasteiger partial charge in [0, 0.05) is 24.1 Å². The minimum atomic E-state index is -0.567. The number of hydrogen-bond donors (Lipinski definition) is 3. The lowest BCUT2D eigenvalue weighted by molar-refractivity contribution is -0.0978. The van der Waals surface area contributed by atoms with Crippen LogP contribution < -0.4 is 16.4 Å². The molecule has 1 saturated heterocycles. The van der Waals surface area contributed by atoms with Crippen LogP contribution in [0, 0.1) is 5.41 Å². The summed E-state index contributed by atoms with van der Waals surface area (Å²) in [5.74, 6) is -0.104. The highest BCUT2D eigenvalue weighted by Gasteiger charge is 2.33. The lowest BCUT2D eigenvalue weighted by atomic mass is 9.88. The molecule has 6 nitrogen and oxygen atoms in total. The molecule has 0 radical (unpaired) electrons. The largest absolute Gasteiger partial charge is 0.380 e. The molecule has 4 N–H and O–H groups in total. The summed E-state index contributed by atoms with van der Waals surface area (Å²) in [6.45, 7) is 4.41. The van der Waals surface area contributed by atoms with Gasteiger partial charge in [0.2, 0.25) is 0 Å². The lowest BCUT2D eigenvalue weighted by Gasteiger charge is -2.38. The van der Waals surface area contributed by atoms with Crippen LogP contribution in [0.15, 0.2) is 24.3 Å². The van der Waals surface area contributed by atoms with Crippen LogP contribution in [0.25, 0.3) is 0 Å². The van der Waals surface area contributed by atoms with Crippen molar-refractivity contribution in [1.82, 2.24) is 10.6 Å². The number of nitrogens with one attached hydrogen (secondary N) is 2. The maximum Gasteiger partial charge on any atom is 0.312 e. The quantitative estimate of drug-likeness (QED) is 0.736. The molecule has 3 amide bonds. The number of benzene rings is 1. The van der Waals surface area contributed by atoms with E-state index >= 15 is 0 Å². The molecular weight excluding hydrogens is 258 g/mol. The molecule has 0 atom stereocenters. The van der Waals surface area contributed by atoms with Crippen LogP contribution in [0.1, 0.15) is 22.8 Å². The predicted molar refractivity (Wildman–Crippen MR) is 74.1 cm³/mol. The zero-order chi connectivity index (χ0) is 14.6. The number of nitrogens with two attached hydrogens (primary N) is 1. The van der Waals surface area contributed by atoms with E-state index < -0.39 is 6.03 Å². The number of rotatable bonds is 5. The SMILES string of the molecule is CC1(CNC(=O)c2ccc(CNC(N)=O)cc2)COC1. The van der Waals surface area contributed by atoms with Crippen molar-refractivity contribution in [3.63, 3.8) is 0 Å². The van der Waals surface area contributed by atoms with Gasteiger partial charge in [-0.3, -0.25) is 4.79 Å². The molecule has 1 aliphatic heterocycles. The summed E-state index contributed by atoms with van der Waals surface area (Å²) in [7, 11) is 0. The summed E-state index contributed by atoms with van der Waals surface area (Å²) in [5.41, 5.74) is 6.53. The van der Waals surface area contributed by atoms with Crippen molar-refractivity contribution in [2.45, 2.75) is 13.5 Å². The van der Waals surface area contributed by atoms with E-state index in [4.69, 9.17) is 10.5 Å². The van der Waals surface area contributed by atoms with Gasteiger partial charge in [0.05, 0.1) is 13.2 Å². The fourth-order valence-electron chi connectivity index (χ4n) is 1.91. The molecule has 0 saturated carbocycles. The second-order valence-electron chi connectivity index (χ2n) is 5.40. The van der Waals surface area contributed by atoms with E-state index in [1.54, 1.807) is 24.3 Å². The molecule has 6 heteroatoms. The summed E-state index contributed by atoms with van der Waals surface area (Å²) in [4.78, 5) is 22.6. The van der Waals surface area contributed by atoms with Crippen LogP contribution >= 0.6 is 0 Å². The Balaban J connectivity index is 1.85. The van der Waals surface area contributed by atoms with E-state index in [2.05, 4.69) is 17.6 Å². The average Bonchev–Trinajstić information content (AvgIpc) is 2.41. The molecule has 0 spiro atoms. The Hall–Kier alpha value is -2.08. The first-order valence-electron chi connectivity index (χ1n) is 6.47. The van der Waals surface area contributed by atoms with Crippen molar-refractivity contribution in [2.75, 3.05) is 19.8 Å². The Morgan fingerprint density at radius 2 is 1.90 bits per heavy atom.